The Morgan fingerprint density at radius 1 is 0.966 bits per heavy atom. The lowest BCUT2D eigenvalue weighted by Gasteiger charge is -2.37. The van der Waals surface area contributed by atoms with Gasteiger partial charge in [-0.15, -0.1) is 0 Å². The first-order chi connectivity index (χ1) is 13.9. The summed E-state index contributed by atoms with van der Waals surface area (Å²) in [5.74, 6) is 3.91. The van der Waals surface area contributed by atoms with Crippen molar-refractivity contribution in [2.24, 2.45) is 11.8 Å². The van der Waals surface area contributed by atoms with Crippen molar-refractivity contribution in [3.63, 3.8) is 0 Å². The Labute approximate surface area is 172 Å². The van der Waals surface area contributed by atoms with Crippen LogP contribution >= 0.6 is 0 Å². The van der Waals surface area contributed by atoms with E-state index in [1.807, 2.05) is 28.8 Å². The van der Waals surface area contributed by atoms with Crippen molar-refractivity contribution in [3.8, 4) is 22.8 Å². The first-order valence-electron chi connectivity index (χ1n) is 10.3. The molecule has 1 aliphatic rings. The molecule has 1 aromatic carbocycles. The number of aryl methyl sites for hydroxylation is 1. The van der Waals surface area contributed by atoms with Gasteiger partial charge in [0, 0.05) is 36.0 Å². The number of ether oxygens (including phenoxy) is 2. The monoisotopic (exact) mass is 394 g/mol. The number of anilines is 1. The van der Waals surface area contributed by atoms with Crippen molar-refractivity contribution < 1.29 is 9.47 Å². The number of aromatic nitrogens is 3. The fraction of sp³-hybridized carbons (Fsp3) is 0.478. The number of hydrogen-bond acceptors (Lipinski definition) is 5. The second-order valence-corrected chi connectivity index (χ2v) is 8.37. The van der Waals surface area contributed by atoms with E-state index in [0.29, 0.717) is 23.3 Å². The van der Waals surface area contributed by atoms with Crippen LogP contribution in [0.25, 0.3) is 16.9 Å². The third-order valence-electron chi connectivity index (χ3n) is 5.90. The van der Waals surface area contributed by atoms with Gasteiger partial charge in [0.15, 0.2) is 17.1 Å². The standard InChI is InChI=1S/C23H30N4O2/c1-14-9-15(2)13-26(12-14)23-16(3)17(4)24-22-11-19(25-27(22)23)18-7-8-20(28-5)21(10-18)29-6/h7-8,10-11,14-15H,9,12-13H2,1-6H3/t14-,15+. The summed E-state index contributed by atoms with van der Waals surface area (Å²) >= 11 is 0. The molecule has 3 heterocycles. The molecule has 1 aliphatic heterocycles. The number of rotatable bonds is 4. The van der Waals surface area contributed by atoms with Gasteiger partial charge >= 0.3 is 0 Å². The molecular weight excluding hydrogens is 364 g/mol. The van der Waals surface area contributed by atoms with Crippen molar-refractivity contribution in [2.75, 3.05) is 32.2 Å². The lowest BCUT2D eigenvalue weighted by molar-refractivity contribution is 0.354. The fourth-order valence-corrected chi connectivity index (χ4v) is 4.53. The summed E-state index contributed by atoms with van der Waals surface area (Å²) in [6.45, 7) is 11.0. The van der Waals surface area contributed by atoms with Gasteiger partial charge in [-0.2, -0.15) is 9.61 Å². The van der Waals surface area contributed by atoms with Crippen LogP contribution in [0.4, 0.5) is 5.82 Å². The minimum absolute atomic E-state index is 0.669. The Morgan fingerprint density at radius 2 is 1.66 bits per heavy atom. The predicted molar refractivity (Wildman–Crippen MR) is 116 cm³/mol. The van der Waals surface area contributed by atoms with Crippen LogP contribution in [0.15, 0.2) is 24.3 Å². The molecule has 0 unspecified atom stereocenters. The van der Waals surface area contributed by atoms with E-state index in [-0.39, 0.29) is 0 Å². The number of nitrogens with zero attached hydrogens (tertiary/aromatic N) is 4. The normalized spacial score (nSPS) is 19.6. The number of benzene rings is 1. The second-order valence-electron chi connectivity index (χ2n) is 8.37. The van der Waals surface area contributed by atoms with E-state index in [2.05, 4.69) is 32.6 Å². The lowest BCUT2D eigenvalue weighted by Crippen LogP contribution is -2.40. The molecule has 2 atom stereocenters. The zero-order valence-electron chi connectivity index (χ0n) is 18.2. The highest BCUT2D eigenvalue weighted by Gasteiger charge is 2.26. The van der Waals surface area contributed by atoms with Gasteiger partial charge in [0.25, 0.3) is 0 Å². The van der Waals surface area contributed by atoms with Crippen molar-refractivity contribution >= 4 is 11.5 Å². The molecule has 4 rings (SSSR count). The maximum absolute atomic E-state index is 5.47. The first-order valence-corrected chi connectivity index (χ1v) is 10.3. The summed E-state index contributed by atoms with van der Waals surface area (Å²) in [6, 6.07) is 7.93. The van der Waals surface area contributed by atoms with Crippen LogP contribution in [-0.4, -0.2) is 41.9 Å². The Balaban J connectivity index is 1.84. The Kier molecular flexibility index (Phi) is 5.11. The van der Waals surface area contributed by atoms with Gasteiger partial charge in [-0.3, -0.25) is 0 Å². The summed E-state index contributed by atoms with van der Waals surface area (Å²) < 4.78 is 12.8. The number of fused-ring (bicyclic) bond motifs is 1. The molecule has 0 bridgehead atoms. The molecule has 6 heteroatoms. The van der Waals surface area contributed by atoms with Crippen LogP contribution in [0.2, 0.25) is 0 Å². The maximum atomic E-state index is 5.47. The van der Waals surface area contributed by atoms with Crippen LogP contribution in [0.5, 0.6) is 11.5 Å². The van der Waals surface area contributed by atoms with Gasteiger partial charge in [-0.1, -0.05) is 13.8 Å². The molecule has 6 nitrogen and oxygen atoms in total. The SMILES string of the molecule is COc1ccc(-c2cc3nc(C)c(C)c(N4C[C@H](C)C[C@H](C)C4)n3n2)cc1OC. The van der Waals surface area contributed by atoms with Crippen LogP contribution in [0, 0.1) is 25.7 Å². The number of piperidine rings is 1. The summed E-state index contributed by atoms with van der Waals surface area (Å²) in [4.78, 5) is 7.30. The highest BCUT2D eigenvalue weighted by molar-refractivity contribution is 5.69. The van der Waals surface area contributed by atoms with E-state index in [1.54, 1.807) is 14.2 Å². The third-order valence-corrected chi connectivity index (χ3v) is 5.90. The van der Waals surface area contributed by atoms with Gasteiger partial charge in [-0.25, -0.2) is 4.98 Å². The largest absolute Gasteiger partial charge is 0.493 e. The van der Waals surface area contributed by atoms with Crippen LogP contribution in [0.1, 0.15) is 31.5 Å². The van der Waals surface area contributed by atoms with E-state index in [9.17, 15) is 0 Å². The minimum Gasteiger partial charge on any atom is -0.493 e. The van der Waals surface area contributed by atoms with E-state index < -0.39 is 0 Å². The quantitative estimate of drug-likeness (QED) is 0.652. The average molecular weight is 395 g/mol. The van der Waals surface area contributed by atoms with Gasteiger partial charge in [0.1, 0.15) is 5.82 Å². The number of methoxy groups -OCH3 is 2. The van der Waals surface area contributed by atoms with E-state index in [1.165, 1.54) is 12.0 Å². The van der Waals surface area contributed by atoms with Crippen LogP contribution < -0.4 is 14.4 Å². The zero-order chi connectivity index (χ0) is 20.7. The van der Waals surface area contributed by atoms with E-state index >= 15 is 0 Å². The molecule has 0 radical (unpaired) electrons. The molecule has 29 heavy (non-hydrogen) atoms. The van der Waals surface area contributed by atoms with Crippen LogP contribution in [0.3, 0.4) is 0 Å². The molecule has 0 aliphatic carbocycles. The van der Waals surface area contributed by atoms with Crippen molar-refractivity contribution in [3.05, 3.63) is 35.5 Å². The Bertz CT molecular complexity index is 1030. The predicted octanol–water partition coefficient (Wildman–Crippen LogP) is 4.51. The lowest BCUT2D eigenvalue weighted by atomic mass is 9.91. The summed E-state index contributed by atoms with van der Waals surface area (Å²) in [5.41, 5.74) is 4.98. The molecule has 0 saturated carbocycles. The molecule has 0 N–H and O–H groups in total. The summed E-state index contributed by atoms with van der Waals surface area (Å²) in [5, 5.41) is 4.96. The van der Waals surface area contributed by atoms with Gasteiger partial charge in [-0.05, 0) is 50.3 Å². The van der Waals surface area contributed by atoms with Gasteiger partial charge < -0.3 is 14.4 Å². The number of hydrogen-bond donors (Lipinski definition) is 0. The Hall–Kier alpha value is -2.76. The average Bonchev–Trinajstić information content (AvgIpc) is 3.10. The van der Waals surface area contributed by atoms with Crippen LogP contribution in [-0.2, 0) is 0 Å². The molecule has 1 fully saturated rings. The van der Waals surface area contributed by atoms with E-state index in [0.717, 1.165) is 41.5 Å². The topological polar surface area (TPSA) is 51.9 Å². The Morgan fingerprint density at radius 3 is 2.31 bits per heavy atom. The molecular formula is C23H30N4O2. The zero-order valence-corrected chi connectivity index (χ0v) is 18.2. The fourth-order valence-electron chi connectivity index (χ4n) is 4.53. The molecule has 154 valence electrons. The molecule has 0 spiro atoms. The third kappa shape index (κ3) is 3.52. The smallest absolute Gasteiger partial charge is 0.161 e. The molecule has 2 aromatic heterocycles. The van der Waals surface area contributed by atoms with E-state index in [4.69, 9.17) is 19.6 Å². The van der Waals surface area contributed by atoms with Gasteiger partial charge in [0.05, 0.1) is 19.9 Å². The van der Waals surface area contributed by atoms with Crippen molar-refractivity contribution in [2.45, 2.75) is 34.1 Å². The van der Waals surface area contributed by atoms with Crippen molar-refractivity contribution in [1.82, 2.24) is 14.6 Å². The second kappa shape index (κ2) is 7.58. The molecule has 1 saturated heterocycles. The summed E-state index contributed by atoms with van der Waals surface area (Å²) in [7, 11) is 3.29. The molecule has 3 aromatic rings. The van der Waals surface area contributed by atoms with Crippen molar-refractivity contribution in [1.29, 1.82) is 0 Å². The molecule has 0 amide bonds. The highest BCUT2D eigenvalue weighted by atomic mass is 16.5. The van der Waals surface area contributed by atoms with Gasteiger partial charge in [0.2, 0.25) is 0 Å². The highest BCUT2D eigenvalue weighted by Crippen LogP contribution is 2.34. The minimum atomic E-state index is 0.669. The first kappa shape index (κ1) is 19.6. The maximum Gasteiger partial charge on any atom is 0.161 e. The summed E-state index contributed by atoms with van der Waals surface area (Å²) in [6.07, 6.45) is 1.28.